The third-order valence-corrected chi connectivity index (χ3v) is 4.49. The highest BCUT2D eigenvalue weighted by molar-refractivity contribution is 5.37. The van der Waals surface area contributed by atoms with E-state index in [0.717, 1.165) is 19.6 Å². The largest absolute Gasteiger partial charge is 0.481 e. The number of piperidine rings is 1. The molecule has 6 heteroatoms. The molecule has 21 heavy (non-hydrogen) atoms. The van der Waals surface area contributed by atoms with E-state index in [1.54, 1.807) is 20.3 Å². The topological polar surface area (TPSA) is 59.5 Å². The van der Waals surface area contributed by atoms with Gasteiger partial charge in [0.15, 0.2) is 0 Å². The highest BCUT2D eigenvalue weighted by Crippen LogP contribution is 2.28. The minimum Gasteiger partial charge on any atom is -0.481 e. The maximum absolute atomic E-state index is 5.24. The Bertz CT molecular complexity index is 454. The van der Waals surface area contributed by atoms with Gasteiger partial charge in [-0.05, 0) is 38.1 Å². The fourth-order valence-corrected chi connectivity index (χ4v) is 3.38. The summed E-state index contributed by atoms with van der Waals surface area (Å²) >= 11 is 0. The molecule has 1 aromatic rings. The molecule has 2 atom stereocenters. The Hall–Kier alpha value is -1.56. The highest BCUT2D eigenvalue weighted by Gasteiger charge is 2.30. The van der Waals surface area contributed by atoms with Crippen LogP contribution in [0.5, 0.6) is 11.8 Å². The Morgan fingerprint density at radius 1 is 1.14 bits per heavy atom. The Kier molecular flexibility index (Phi) is 4.43. The first-order chi connectivity index (χ1) is 10.3. The second-order valence-corrected chi connectivity index (χ2v) is 5.80. The van der Waals surface area contributed by atoms with Crippen LogP contribution in [0, 0.1) is 5.92 Å². The highest BCUT2D eigenvalue weighted by atomic mass is 16.5. The molecule has 2 unspecified atom stereocenters. The first kappa shape index (κ1) is 14.4. The van der Waals surface area contributed by atoms with Gasteiger partial charge in [-0.3, -0.25) is 0 Å². The first-order valence-electron chi connectivity index (χ1n) is 7.75. The number of anilines is 1. The molecule has 0 radical (unpaired) electrons. The van der Waals surface area contributed by atoms with Crippen LogP contribution in [0.4, 0.5) is 5.95 Å². The van der Waals surface area contributed by atoms with Crippen molar-refractivity contribution in [2.75, 3.05) is 38.8 Å². The van der Waals surface area contributed by atoms with E-state index in [-0.39, 0.29) is 0 Å². The number of hydrogen-bond acceptors (Lipinski definition) is 6. The van der Waals surface area contributed by atoms with Crippen LogP contribution in [-0.2, 0) is 0 Å². The van der Waals surface area contributed by atoms with Gasteiger partial charge in [0.1, 0.15) is 0 Å². The lowest BCUT2D eigenvalue weighted by atomic mass is 9.90. The zero-order chi connectivity index (χ0) is 14.7. The summed E-state index contributed by atoms with van der Waals surface area (Å²) in [4.78, 5) is 11.2. The predicted octanol–water partition coefficient (Wildman–Crippen LogP) is 1.46. The molecule has 2 aliphatic heterocycles. The van der Waals surface area contributed by atoms with Crippen molar-refractivity contribution < 1.29 is 9.47 Å². The zero-order valence-corrected chi connectivity index (χ0v) is 12.8. The molecule has 0 aromatic carbocycles. The molecule has 3 heterocycles. The quantitative estimate of drug-likeness (QED) is 0.906. The minimum absolute atomic E-state index is 0.554. The van der Waals surface area contributed by atoms with E-state index in [0.29, 0.717) is 29.7 Å². The summed E-state index contributed by atoms with van der Waals surface area (Å²) in [5, 5.41) is 3.63. The molecular formula is C15H24N4O2. The Labute approximate surface area is 125 Å². The summed E-state index contributed by atoms with van der Waals surface area (Å²) in [6.45, 7) is 3.16. The van der Waals surface area contributed by atoms with Crippen LogP contribution in [0.2, 0.25) is 0 Å². The van der Waals surface area contributed by atoms with Gasteiger partial charge in [-0.2, -0.15) is 9.97 Å². The van der Waals surface area contributed by atoms with Crippen LogP contribution in [0.25, 0.3) is 0 Å². The number of nitrogens with one attached hydrogen (secondary N) is 1. The molecule has 0 aliphatic carbocycles. The van der Waals surface area contributed by atoms with Crippen LogP contribution < -0.4 is 19.7 Å². The fourth-order valence-electron chi connectivity index (χ4n) is 3.38. The van der Waals surface area contributed by atoms with Gasteiger partial charge in [0.05, 0.1) is 20.3 Å². The number of aromatic nitrogens is 2. The maximum Gasteiger partial charge on any atom is 0.231 e. The van der Waals surface area contributed by atoms with Crippen molar-refractivity contribution in [2.24, 2.45) is 5.92 Å². The molecule has 0 spiro atoms. The van der Waals surface area contributed by atoms with Gasteiger partial charge in [-0.1, -0.05) is 0 Å². The van der Waals surface area contributed by atoms with Gasteiger partial charge < -0.3 is 19.7 Å². The van der Waals surface area contributed by atoms with Gasteiger partial charge in [0, 0.05) is 19.1 Å². The molecular weight excluding hydrogens is 268 g/mol. The van der Waals surface area contributed by atoms with Crippen LogP contribution in [0.1, 0.15) is 25.7 Å². The number of hydrogen-bond donors (Lipinski definition) is 1. The minimum atomic E-state index is 0.554. The summed E-state index contributed by atoms with van der Waals surface area (Å²) in [6.07, 6.45) is 5.06. The smallest absolute Gasteiger partial charge is 0.231 e. The average molecular weight is 292 g/mol. The van der Waals surface area contributed by atoms with Crippen LogP contribution in [0.3, 0.4) is 0 Å². The second kappa shape index (κ2) is 6.47. The second-order valence-electron chi connectivity index (χ2n) is 5.80. The lowest BCUT2D eigenvalue weighted by Gasteiger charge is -2.35. The molecule has 3 rings (SSSR count). The summed E-state index contributed by atoms with van der Waals surface area (Å²) < 4.78 is 10.5. The number of ether oxygens (including phenoxy) is 2. The van der Waals surface area contributed by atoms with E-state index in [4.69, 9.17) is 9.47 Å². The van der Waals surface area contributed by atoms with Crippen molar-refractivity contribution in [3.8, 4) is 11.8 Å². The van der Waals surface area contributed by atoms with Crippen molar-refractivity contribution in [1.29, 1.82) is 0 Å². The number of methoxy groups -OCH3 is 2. The molecule has 2 saturated heterocycles. The molecule has 2 aliphatic rings. The standard InChI is InChI=1S/C15H24N4O2/c1-20-13-9-14(21-2)18-15(17-13)19-8-4-5-11(10-19)12-6-3-7-16-12/h9,11-12,16H,3-8,10H2,1-2H3. The van der Waals surface area contributed by atoms with Gasteiger partial charge in [-0.15, -0.1) is 0 Å². The fraction of sp³-hybridized carbons (Fsp3) is 0.733. The van der Waals surface area contributed by atoms with Crippen LogP contribution >= 0.6 is 0 Å². The average Bonchev–Trinajstić information content (AvgIpc) is 3.09. The molecule has 0 amide bonds. The molecule has 0 bridgehead atoms. The molecule has 6 nitrogen and oxygen atoms in total. The predicted molar refractivity (Wildman–Crippen MR) is 81.1 cm³/mol. The van der Waals surface area contributed by atoms with Crippen molar-refractivity contribution in [1.82, 2.24) is 15.3 Å². The van der Waals surface area contributed by atoms with Crippen molar-refractivity contribution in [3.05, 3.63) is 6.07 Å². The van der Waals surface area contributed by atoms with Crippen LogP contribution in [0.15, 0.2) is 6.07 Å². The van der Waals surface area contributed by atoms with Crippen molar-refractivity contribution >= 4 is 5.95 Å². The molecule has 1 aromatic heterocycles. The lowest BCUT2D eigenvalue weighted by Crippen LogP contribution is -2.44. The number of rotatable bonds is 4. The van der Waals surface area contributed by atoms with Crippen molar-refractivity contribution in [2.45, 2.75) is 31.7 Å². The van der Waals surface area contributed by atoms with Gasteiger partial charge in [-0.25, -0.2) is 0 Å². The Morgan fingerprint density at radius 3 is 2.52 bits per heavy atom. The van der Waals surface area contributed by atoms with E-state index in [1.807, 2.05) is 0 Å². The summed E-state index contributed by atoms with van der Waals surface area (Å²) in [5.41, 5.74) is 0. The van der Waals surface area contributed by atoms with E-state index in [9.17, 15) is 0 Å². The van der Waals surface area contributed by atoms with E-state index in [1.165, 1.54) is 25.7 Å². The third-order valence-electron chi connectivity index (χ3n) is 4.49. The zero-order valence-electron chi connectivity index (χ0n) is 12.8. The van der Waals surface area contributed by atoms with E-state index in [2.05, 4.69) is 20.2 Å². The lowest BCUT2D eigenvalue weighted by molar-refractivity contribution is 0.323. The van der Waals surface area contributed by atoms with Crippen LogP contribution in [-0.4, -0.2) is 49.9 Å². The van der Waals surface area contributed by atoms with Crippen molar-refractivity contribution in [3.63, 3.8) is 0 Å². The van der Waals surface area contributed by atoms with Gasteiger partial charge in [0.25, 0.3) is 0 Å². The monoisotopic (exact) mass is 292 g/mol. The normalized spacial score (nSPS) is 25.9. The molecule has 2 fully saturated rings. The van der Waals surface area contributed by atoms with E-state index < -0.39 is 0 Å². The van der Waals surface area contributed by atoms with Gasteiger partial charge in [0.2, 0.25) is 17.7 Å². The first-order valence-corrected chi connectivity index (χ1v) is 7.75. The summed E-state index contributed by atoms with van der Waals surface area (Å²) in [6, 6.07) is 2.36. The van der Waals surface area contributed by atoms with E-state index >= 15 is 0 Å². The molecule has 0 saturated carbocycles. The molecule has 1 N–H and O–H groups in total. The Morgan fingerprint density at radius 2 is 1.90 bits per heavy atom. The summed E-state index contributed by atoms with van der Waals surface area (Å²) in [5.74, 6) is 2.51. The van der Waals surface area contributed by atoms with Gasteiger partial charge >= 0.3 is 0 Å². The Balaban J connectivity index is 1.75. The third kappa shape index (κ3) is 3.20. The maximum atomic E-state index is 5.24. The number of nitrogens with zero attached hydrogens (tertiary/aromatic N) is 3. The summed E-state index contributed by atoms with van der Waals surface area (Å²) in [7, 11) is 3.24. The molecule has 116 valence electrons. The SMILES string of the molecule is COc1cc(OC)nc(N2CCCC(C3CCCN3)C2)n1.